The number of anilines is 1. The van der Waals surface area contributed by atoms with E-state index in [0.29, 0.717) is 0 Å². The summed E-state index contributed by atoms with van der Waals surface area (Å²) in [5, 5.41) is 15.2. The summed E-state index contributed by atoms with van der Waals surface area (Å²) in [6, 6.07) is 17.8. The van der Waals surface area contributed by atoms with Crippen LogP contribution in [0.4, 0.5) is 5.82 Å². The Bertz CT molecular complexity index is 741. The van der Waals surface area contributed by atoms with Gasteiger partial charge in [0.15, 0.2) is 0 Å². The summed E-state index contributed by atoms with van der Waals surface area (Å²) in [4.78, 5) is 4.44. The Morgan fingerprint density at radius 1 is 1.10 bits per heavy atom. The van der Waals surface area contributed by atoms with Gasteiger partial charge in [-0.05, 0) is 35.6 Å². The zero-order chi connectivity index (χ0) is 14.7. The Hall–Kier alpha value is -2.55. The van der Waals surface area contributed by atoms with Crippen molar-refractivity contribution in [2.75, 3.05) is 5.32 Å². The summed E-state index contributed by atoms with van der Waals surface area (Å²) in [7, 11) is 0. The van der Waals surface area contributed by atoms with Gasteiger partial charge in [0.1, 0.15) is 11.6 Å². The lowest BCUT2D eigenvalue weighted by molar-refractivity contribution is 0.476. The van der Waals surface area contributed by atoms with Gasteiger partial charge in [-0.1, -0.05) is 43.3 Å². The Morgan fingerprint density at radius 3 is 2.67 bits per heavy atom. The number of nitrogens with one attached hydrogen (secondary N) is 1. The monoisotopic (exact) mass is 278 g/mol. The third kappa shape index (κ3) is 2.82. The fraction of sp³-hybridized carbons (Fsp3) is 0.167. The molecule has 0 aliphatic heterocycles. The molecule has 3 nitrogen and oxygen atoms in total. The molecule has 1 atom stereocenters. The van der Waals surface area contributed by atoms with E-state index in [1.807, 2.05) is 30.3 Å². The molecule has 0 saturated carbocycles. The van der Waals surface area contributed by atoms with Crippen molar-refractivity contribution < 1.29 is 5.11 Å². The number of rotatable bonds is 4. The highest BCUT2D eigenvalue weighted by molar-refractivity contribution is 5.92. The van der Waals surface area contributed by atoms with Crippen LogP contribution < -0.4 is 5.32 Å². The Morgan fingerprint density at radius 2 is 1.90 bits per heavy atom. The van der Waals surface area contributed by atoms with Gasteiger partial charge in [0.05, 0.1) is 6.04 Å². The number of fused-ring (bicyclic) bond motifs is 1. The van der Waals surface area contributed by atoms with Gasteiger partial charge in [0.25, 0.3) is 0 Å². The van der Waals surface area contributed by atoms with Gasteiger partial charge in [-0.25, -0.2) is 4.98 Å². The fourth-order valence-electron chi connectivity index (χ4n) is 2.54. The number of phenolic OH excluding ortho intramolecular Hbond substituents is 1. The molecule has 2 N–H and O–H groups in total. The van der Waals surface area contributed by atoms with E-state index in [2.05, 4.69) is 29.4 Å². The summed E-state index contributed by atoms with van der Waals surface area (Å²) in [5.74, 6) is 1.06. The first-order valence-corrected chi connectivity index (χ1v) is 7.17. The molecule has 3 aromatic rings. The minimum atomic E-state index is 0.201. The highest BCUT2D eigenvalue weighted by Crippen LogP contribution is 2.29. The van der Waals surface area contributed by atoms with Crippen molar-refractivity contribution in [3.8, 4) is 5.75 Å². The second-order valence-corrected chi connectivity index (χ2v) is 5.08. The first kappa shape index (κ1) is 13.4. The molecule has 0 fully saturated rings. The van der Waals surface area contributed by atoms with Gasteiger partial charge < -0.3 is 10.4 Å². The molecule has 21 heavy (non-hydrogen) atoms. The standard InChI is InChI=1S/C18H18N2O/c1-2-17(14-6-4-3-5-7-14)20-18-16-12-15(21)9-8-13(16)10-11-19-18/h3-12,17,21H,2H2,1H3,(H,19,20). The van der Waals surface area contributed by atoms with Crippen LogP contribution in [0.3, 0.4) is 0 Å². The average molecular weight is 278 g/mol. The molecule has 1 heterocycles. The normalized spacial score (nSPS) is 12.2. The second kappa shape index (κ2) is 5.83. The molecule has 0 amide bonds. The van der Waals surface area contributed by atoms with E-state index in [0.717, 1.165) is 23.0 Å². The van der Waals surface area contributed by atoms with Crippen LogP contribution in [0.5, 0.6) is 5.75 Å². The fourth-order valence-corrected chi connectivity index (χ4v) is 2.54. The van der Waals surface area contributed by atoms with Crippen molar-refractivity contribution in [3.05, 3.63) is 66.4 Å². The third-order valence-electron chi connectivity index (χ3n) is 3.67. The van der Waals surface area contributed by atoms with Gasteiger partial charge in [-0.3, -0.25) is 0 Å². The number of pyridine rings is 1. The number of aromatic nitrogens is 1. The van der Waals surface area contributed by atoms with E-state index in [-0.39, 0.29) is 11.8 Å². The van der Waals surface area contributed by atoms with E-state index in [9.17, 15) is 5.11 Å². The van der Waals surface area contributed by atoms with Crippen LogP contribution in [0.15, 0.2) is 60.8 Å². The van der Waals surface area contributed by atoms with Crippen LogP contribution in [-0.2, 0) is 0 Å². The zero-order valence-corrected chi connectivity index (χ0v) is 12.0. The average Bonchev–Trinajstić information content (AvgIpc) is 2.53. The van der Waals surface area contributed by atoms with E-state index in [1.165, 1.54) is 5.56 Å². The summed E-state index contributed by atoms with van der Waals surface area (Å²) in [5.41, 5.74) is 1.24. The Labute approximate surface area is 124 Å². The van der Waals surface area contributed by atoms with Crippen LogP contribution in [0, 0.1) is 0 Å². The molecular formula is C18H18N2O. The highest BCUT2D eigenvalue weighted by Gasteiger charge is 2.11. The van der Waals surface area contributed by atoms with Crippen LogP contribution in [0.25, 0.3) is 10.8 Å². The summed E-state index contributed by atoms with van der Waals surface area (Å²) in [6.45, 7) is 2.15. The third-order valence-corrected chi connectivity index (χ3v) is 3.67. The Kier molecular flexibility index (Phi) is 3.73. The number of aromatic hydroxyl groups is 1. The maximum absolute atomic E-state index is 9.71. The lowest BCUT2D eigenvalue weighted by Gasteiger charge is -2.19. The van der Waals surface area contributed by atoms with Crippen LogP contribution >= 0.6 is 0 Å². The van der Waals surface area contributed by atoms with E-state index >= 15 is 0 Å². The maximum Gasteiger partial charge on any atom is 0.134 e. The topological polar surface area (TPSA) is 45.2 Å². The number of hydrogen-bond donors (Lipinski definition) is 2. The summed E-state index contributed by atoms with van der Waals surface area (Å²) in [6.07, 6.45) is 2.75. The van der Waals surface area contributed by atoms with Crippen LogP contribution in [0.2, 0.25) is 0 Å². The van der Waals surface area contributed by atoms with Crippen LogP contribution in [-0.4, -0.2) is 10.1 Å². The predicted molar refractivity (Wildman–Crippen MR) is 86.5 cm³/mol. The van der Waals surface area contributed by atoms with Crippen molar-refractivity contribution in [2.45, 2.75) is 19.4 Å². The van der Waals surface area contributed by atoms with E-state index in [1.54, 1.807) is 18.3 Å². The minimum absolute atomic E-state index is 0.201. The van der Waals surface area contributed by atoms with Crippen molar-refractivity contribution in [2.24, 2.45) is 0 Å². The molecule has 0 saturated heterocycles. The van der Waals surface area contributed by atoms with Crippen molar-refractivity contribution in [1.82, 2.24) is 4.98 Å². The SMILES string of the molecule is CCC(Nc1nccc2ccc(O)cc12)c1ccccc1. The molecule has 3 heteroatoms. The smallest absolute Gasteiger partial charge is 0.134 e. The highest BCUT2D eigenvalue weighted by atomic mass is 16.3. The summed E-state index contributed by atoms with van der Waals surface area (Å²) < 4.78 is 0. The zero-order valence-electron chi connectivity index (χ0n) is 12.0. The molecule has 2 aromatic carbocycles. The van der Waals surface area contributed by atoms with Gasteiger partial charge in [0.2, 0.25) is 0 Å². The molecule has 0 radical (unpaired) electrons. The molecule has 0 bridgehead atoms. The predicted octanol–water partition coefficient (Wildman–Crippen LogP) is 4.50. The van der Waals surface area contributed by atoms with Gasteiger partial charge in [-0.15, -0.1) is 0 Å². The molecule has 1 aromatic heterocycles. The van der Waals surface area contributed by atoms with Gasteiger partial charge in [0, 0.05) is 11.6 Å². The number of nitrogens with zero attached hydrogens (tertiary/aromatic N) is 1. The van der Waals surface area contributed by atoms with Crippen molar-refractivity contribution >= 4 is 16.6 Å². The van der Waals surface area contributed by atoms with E-state index in [4.69, 9.17) is 0 Å². The van der Waals surface area contributed by atoms with Gasteiger partial charge in [-0.2, -0.15) is 0 Å². The number of phenols is 1. The second-order valence-electron chi connectivity index (χ2n) is 5.08. The largest absolute Gasteiger partial charge is 0.508 e. The molecule has 1 unspecified atom stereocenters. The lowest BCUT2D eigenvalue weighted by Crippen LogP contribution is -2.10. The maximum atomic E-state index is 9.71. The van der Waals surface area contributed by atoms with Crippen LogP contribution in [0.1, 0.15) is 24.9 Å². The first-order valence-electron chi connectivity index (χ1n) is 7.17. The molecular weight excluding hydrogens is 260 g/mol. The molecule has 106 valence electrons. The molecule has 0 spiro atoms. The van der Waals surface area contributed by atoms with Crippen molar-refractivity contribution in [3.63, 3.8) is 0 Å². The number of hydrogen-bond acceptors (Lipinski definition) is 3. The van der Waals surface area contributed by atoms with Crippen molar-refractivity contribution in [1.29, 1.82) is 0 Å². The molecule has 0 aliphatic carbocycles. The van der Waals surface area contributed by atoms with E-state index < -0.39 is 0 Å². The molecule has 0 aliphatic rings. The quantitative estimate of drug-likeness (QED) is 0.738. The minimum Gasteiger partial charge on any atom is -0.508 e. The lowest BCUT2D eigenvalue weighted by atomic mass is 10.0. The summed E-state index contributed by atoms with van der Waals surface area (Å²) >= 11 is 0. The first-order chi connectivity index (χ1) is 10.3. The number of benzene rings is 2. The molecule has 3 rings (SSSR count). The Balaban J connectivity index is 1.99. The van der Waals surface area contributed by atoms with Gasteiger partial charge >= 0.3 is 0 Å².